The molecule has 0 spiro atoms. The Morgan fingerprint density at radius 2 is 1.87 bits per heavy atom. The van der Waals surface area contributed by atoms with Crippen LogP contribution in [0.25, 0.3) is 0 Å². The smallest absolute Gasteiger partial charge is 0.422 e. The van der Waals surface area contributed by atoms with Crippen LogP contribution in [0.15, 0.2) is 23.2 Å². The van der Waals surface area contributed by atoms with Crippen molar-refractivity contribution in [2.45, 2.75) is 52.4 Å². The van der Waals surface area contributed by atoms with Gasteiger partial charge in [0, 0.05) is 19.6 Å². The summed E-state index contributed by atoms with van der Waals surface area (Å²) in [5.74, 6) is 0.982. The number of hydrogen-bond acceptors (Lipinski definition) is 4. The average molecular weight is 560 g/mol. The van der Waals surface area contributed by atoms with E-state index < -0.39 is 12.8 Å². The minimum atomic E-state index is -4.40. The quantitative estimate of drug-likeness (QED) is 0.225. The number of alkyl halides is 3. The van der Waals surface area contributed by atoms with Crippen molar-refractivity contribution in [1.29, 1.82) is 0 Å². The van der Waals surface area contributed by atoms with Gasteiger partial charge >= 0.3 is 6.18 Å². The third kappa shape index (κ3) is 12.3. The van der Waals surface area contributed by atoms with Gasteiger partial charge < -0.3 is 25.0 Å². The molecule has 0 saturated heterocycles. The van der Waals surface area contributed by atoms with Gasteiger partial charge in [-0.3, -0.25) is 4.99 Å². The third-order valence-electron chi connectivity index (χ3n) is 4.69. The molecule has 1 unspecified atom stereocenters. The van der Waals surface area contributed by atoms with E-state index in [1.165, 1.54) is 13.2 Å². The predicted molar refractivity (Wildman–Crippen MR) is 130 cm³/mol. The highest BCUT2D eigenvalue weighted by Gasteiger charge is 2.29. The highest BCUT2D eigenvalue weighted by molar-refractivity contribution is 14.0. The largest absolute Gasteiger partial charge is 0.493 e. The number of nitrogens with zero attached hydrogens (tertiary/aromatic N) is 2. The van der Waals surface area contributed by atoms with Gasteiger partial charge in [0.15, 0.2) is 24.1 Å². The number of rotatable bonds is 12. The molecule has 0 aliphatic carbocycles. The summed E-state index contributed by atoms with van der Waals surface area (Å²) in [4.78, 5) is 6.64. The fourth-order valence-electron chi connectivity index (χ4n) is 2.95. The van der Waals surface area contributed by atoms with Crippen LogP contribution in [-0.4, -0.2) is 63.5 Å². The summed E-state index contributed by atoms with van der Waals surface area (Å²) in [5, 5.41) is 6.58. The first kappa shape index (κ1) is 29.6. The molecule has 0 fully saturated rings. The summed E-state index contributed by atoms with van der Waals surface area (Å²) >= 11 is 0. The SMILES string of the molecule is CCN(CC)CCCC(C)NC(=NC)NCc1ccc(OCC(F)(F)F)c(OC)c1.I. The molecule has 10 heteroatoms. The fourth-order valence-corrected chi connectivity index (χ4v) is 2.95. The van der Waals surface area contributed by atoms with Gasteiger partial charge in [-0.25, -0.2) is 0 Å². The topological polar surface area (TPSA) is 58.1 Å². The monoisotopic (exact) mass is 560 g/mol. The fraction of sp³-hybridized carbons (Fsp3) is 0.667. The van der Waals surface area contributed by atoms with Crippen LogP contribution in [0.1, 0.15) is 39.2 Å². The van der Waals surface area contributed by atoms with E-state index in [-0.39, 0.29) is 41.5 Å². The second-order valence-corrected chi connectivity index (χ2v) is 7.03. The lowest BCUT2D eigenvalue weighted by atomic mass is 10.1. The van der Waals surface area contributed by atoms with Gasteiger partial charge in [-0.1, -0.05) is 19.9 Å². The summed E-state index contributed by atoms with van der Waals surface area (Å²) in [7, 11) is 3.10. The Kier molecular flexibility index (Phi) is 14.7. The molecule has 0 amide bonds. The van der Waals surface area contributed by atoms with Gasteiger partial charge in [0.1, 0.15) is 0 Å². The standard InChI is InChI=1S/C21H35F3N4O2.HI/c1-6-28(7-2)12-8-9-16(3)27-20(25-4)26-14-17-10-11-18(19(13-17)29-5)30-15-21(22,23)24;/h10-11,13,16H,6-9,12,14-15H2,1-5H3,(H2,25,26,27);1H. The predicted octanol–water partition coefficient (Wildman–Crippen LogP) is 4.43. The first-order valence-electron chi connectivity index (χ1n) is 10.3. The van der Waals surface area contributed by atoms with Crippen LogP contribution in [0.2, 0.25) is 0 Å². The van der Waals surface area contributed by atoms with Gasteiger partial charge in [0.05, 0.1) is 7.11 Å². The molecule has 31 heavy (non-hydrogen) atoms. The van der Waals surface area contributed by atoms with Crippen LogP contribution < -0.4 is 20.1 Å². The molecular formula is C21H36F3IN4O2. The van der Waals surface area contributed by atoms with Gasteiger partial charge in [-0.2, -0.15) is 13.2 Å². The van der Waals surface area contributed by atoms with Crippen molar-refractivity contribution < 1.29 is 22.6 Å². The zero-order valence-corrected chi connectivity index (χ0v) is 21.3. The number of halogens is 4. The lowest BCUT2D eigenvalue weighted by Gasteiger charge is -2.21. The molecule has 1 aromatic rings. The van der Waals surface area contributed by atoms with E-state index in [0.717, 1.165) is 38.0 Å². The van der Waals surface area contributed by atoms with Crippen molar-refractivity contribution >= 4 is 29.9 Å². The second kappa shape index (κ2) is 15.4. The normalized spacial score (nSPS) is 12.9. The minimum absolute atomic E-state index is 0. The molecule has 0 aliphatic rings. The average Bonchev–Trinajstić information content (AvgIpc) is 2.72. The van der Waals surface area contributed by atoms with Crippen LogP contribution in [0.5, 0.6) is 11.5 Å². The highest BCUT2D eigenvalue weighted by Crippen LogP contribution is 2.29. The number of aliphatic imine (C=N–C) groups is 1. The van der Waals surface area contributed by atoms with Crippen LogP contribution >= 0.6 is 24.0 Å². The van der Waals surface area contributed by atoms with E-state index in [1.54, 1.807) is 19.2 Å². The van der Waals surface area contributed by atoms with Gasteiger partial charge in [-0.05, 0) is 57.1 Å². The van der Waals surface area contributed by atoms with E-state index >= 15 is 0 Å². The first-order chi connectivity index (χ1) is 14.2. The van der Waals surface area contributed by atoms with Crippen molar-refractivity contribution in [3.8, 4) is 11.5 Å². The number of ether oxygens (including phenoxy) is 2. The summed E-state index contributed by atoms with van der Waals surface area (Å²) in [5.41, 5.74) is 0.836. The molecule has 0 aromatic heterocycles. The Morgan fingerprint density at radius 1 is 1.19 bits per heavy atom. The molecule has 6 nitrogen and oxygen atoms in total. The van der Waals surface area contributed by atoms with Crippen molar-refractivity contribution in [2.24, 2.45) is 4.99 Å². The molecule has 0 radical (unpaired) electrons. The molecule has 2 N–H and O–H groups in total. The lowest BCUT2D eigenvalue weighted by Crippen LogP contribution is -2.42. The zero-order chi connectivity index (χ0) is 22.6. The lowest BCUT2D eigenvalue weighted by molar-refractivity contribution is -0.153. The minimum Gasteiger partial charge on any atom is -0.493 e. The van der Waals surface area contributed by atoms with Crippen molar-refractivity contribution in [3.05, 3.63) is 23.8 Å². The molecule has 1 atom stereocenters. The van der Waals surface area contributed by atoms with Gasteiger partial charge in [-0.15, -0.1) is 24.0 Å². The highest BCUT2D eigenvalue weighted by atomic mass is 127. The number of methoxy groups -OCH3 is 1. The number of benzene rings is 1. The van der Waals surface area contributed by atoms with Crippen molar-refractivity contribution in [3.63, 3.8) is 0 Å². The summed E-state index contributed by atoms with van der Waals surface area (Å²) < 4.78 is 47.1. The molecule has 0 aliphatic heterocycles. The molecular weight excluding hydrogens is 524 g/mol. The molecule has 1 aromatic carbocycles. The maximum atomic E-state index is 12.4. The van der Waals surface area contributed by atoms with E-state index in [0.29, 0.717) is 12.5 Å². The van der Waals surface area contributed by atoms with Gasteiger partial charge in [0.2, 0.25) is 0 Å². The summed E-state index contributed by atoms with van der Waals surface area (Å²) in [6, 6.07) is 5.09. The Balaban J connectivity index is 0.00000900. The zero-order valence-electron chi connectivity index (χ0n) is 19.0. The molecule has 180 valence electrons. The van der Waals surface area contributed by atoms with E-state index in [1.807, 2.05) is 0 Å². The van der Waals surface area contributed by atoms with Crippen LogP contribution in [0.4, 0.5) is 13.2 Å². The molecule has 0 heterocycles. The Hall–Kier alpha value is -1.43. The van der Waals surface area contributed by atoms with Gasteiger partial charge in [0.25, 0.3) is 0 Å². The number of nitrogens with one attached hydrogen (secondary N) is 2. The number of hydrogen-bond donors (Lipinski definition) is 2. The second-order valence-electron chi connectivity index (χ2n) is 7.03. The van der Waals surface area contributed by atoms with Crippen molar-refractivity contribution in [1.82, 2.24) is 15.5 Å². The number of guanidine groups is 1. The molecule has 0 bridgehead atoms. The maximum absolute atomic E-state index is 12.4. The summed E-state index contributed by atoms with van der Waals surface area (Å²) in [6.45, 7) is 8.74. The molecule has 1 rings (SSSR count). The van der Waals surface area contributed by atoms with E-state index in [4.69, 9.17) is 9.47 Å². The summed E-state index contributed by atoms with van der Waals surface area (Å²) in [6.07, 6.45) is -2.27. The first-order valence-corrected chi connectivity index (χ1v) is 10.3. The van der Waals surface area contributed by atoms with Crippen LogP contribution in [0.3, 0.4) is 0 Å². The Labute approximate surface area is 201 Å². The van der Waals surface area contributed by atoms with Crippen LogP contribution in [0, 0.1) is 0 Å². The Morgan fingerprint density at radius 3 is 2.42 bits per heavy atom. The maximum Gasteiger partial charge on any atom is 0.422 e. The van der Waals surface area contributed by atoms with Crippen molar-refractivity contribution in [2.75, 3.05) is 40.4 Å². The third-order valence-corrected chi connectivity index (χ3v) is 4.69. The Bertz CT molecular complexity index is 656. The van der Waals surface area contributed by atoms with E-state index in [2.05, 4.69) is 41.3 Å². The van der Waals surface area contributed by atoms with E-state index in [9.17, 15) is 13.2 Å². The molecule has 0 saturated carbocycles. The van der Waals surface area contributed by atoms with Crippen LogP contribution in [-0.2, 0) is 6.54 Å².